The van der Waals surface area contributed by atoms with Crippen molar-refractivity contribution >= 4 is 23.2 Å². The standard InChI is InChI=1S/C15H23ClN2O/c1-12(2)18(10-6-9-16)15(19)13-7-5-8-14(11-13)17(3)4/h5,7-8,11-12H,6,9-10H2,1-4H3. The van der Waals surface area contributed by atoms with Crippen LogP contribution in [-0.4, -0.2) is 43.4 Å². The average Bonchev–Trinajstić information content (AvgIpc) is 2.38. The predicted octanol–water partition coefficient (Wildman–Crippen LogP) is 3.23. The van der Waals surface area contributed by atoms with E-state index in [1.807, 2.05) is 62.0 Å². The summed E-state index contributed by atoms with van der Waals surface area (Å²) in [4.78, 5) is 16.4. The molecular formula is C15H23ClN2O. The van der Waals surface area contributed by atoms with E-state index in [4.69, 9.17) is 11.6 Å². The summed E-state index contributed by atoms with van der Waals surface area (Å²) in [6, 6.07) is 7.89. The predicted molar refractivity (Wildman–Crippen MR) is 82.3 cm³/mol. The van der Waals surface area contributed by atoms with Gasteiger partial charge in [0.15, 0.2) is 0 Å². The second-order valence-corrected chi connectivity index (χ2v) is 5.46. The summed E-state index contributed by atoms with van der Waals surface area (Å²) in [5, 5.41) is 0. The van der Waals surface area contributed by atoms with Gasteiger partial charge in [-0.1, -0.05) is 6.07 Å². The van der Waals surface area contributed by atoms with Gasteiger partial charge in [0.1, 0.15) is 0 Å². The topological polar surface area (TPSA) is 23.6 Å². The van der Waals surface area contributed by atoms with Crippen LogP contribution in [0.2, 0.25) is 0 Å². The van der Waals surface area contributed by atoms with Crippen LogP contribution in [0.15, 0.2) is 24.3 Å². The van der Waals surface area contributed by atoms with Crippen LogP contribution >= 0.6 is 11.6 Å². The Hall–Kier alpha value is -1.22. The number of hydrogen-bond acceptors (Lipinski definition) is 2. The molecule has 0 unspecified atom stereocenters. The molecule has 1 rings (SSSR count). The quantitative estimate of drug-likeness (QED) is 0.748. The molecule has 0 aliphatic rings. The normalized spacial score (nSPS) is 10.6. The Morgan fingerprint density at radius 3 is 2.53 bits per heavy atom. The number of anilines is 1. The van der Waals surface area contributed by atoms with Crippen LogP contribution in [0.3, 0.4) is 0 Å². The lowest BCUT2D eigenvalue weighted by Crippen LogP contribution is -2.38. The third kappa shape index (κ3) is 4.43. The number of alkyl halides is 1. The zero-order valence-corrected chi connectivity index (χ0v) is 12.9. The van der Waals surface area contributed by atoms with E-state index in [2.05, 4.69) is 0 Å². The van der Waals surface area contributed by atoms with E-state index < -0.39 is 0 Å². The van der Waals surface area contributed by atoms with Crippen molar-refractivity contribution in [3.8, 4) is 0 Å². The summed E-state index contributed by atoms with van der Waals surface area (Å²) >= 11 is 5.72. The van der Waals surface area contributed by atoms with Gasteiger partial charge in [-0.3, -0.25) is 4.79 Å². The molecule has 106 valence electrons. The Morgan fingerprint density at radius 1 is 1.32 bits per heavy atom. The lowest BCUT2D eigenvalue weighted by molar-refractivity contribution is 0.0706. The van der Waals surface area contributed by atoms with E-state index in [1.165, 1.54) is 0 Å². The van der Waals surface area contributed by atoms with Gasteiger partial charge in [0, 0.05) is 43.8 Å². The fraction of sp³-hybridized carbons (Fsp3) is 0.533. The van der Waals surface area contributed by atoms with Crippen LogP contribution in [-0.2, 0) is 0 Å². The highest BCUT2D eigenvalue weighted by atomic mass is 35.5. The highest BCUT2D eigenvalue weighted by Crippen LogP contribution is 2.16. The highest BCUT2D eigenvalue weighted by Gasteiger charge is 2.18. The van der Waals surface area contributed by atoms with E-state index in [-0.39, 0.29) is 11.9 Å². The number of hydrogen-bond donors (Lipinski definition) is 0. The average molecular weight is 283 g/mol. The molecule has 0 heterocycles. The summed E-state index contributed by atoms with van der Waals surface area (Å²) < 4.78 is 0. The first kappa shape index (κ1) is 15.8. The number of rotatable bonds is 6. The Morgan fingerprint density at radius 2 is 2.00 bits per heavy atom. The maximum atomic E-state index is 12.5. The van der Waals surface area contributed by atoms with Crippen LogP contribution in [0, 0.1) is 0 Å². The Bertz CT molecular complexity index is 418. The van der Waals surface area contributed by atoms with E-state index in [0.29, 0.717) is 12.4 Å². The minimum atomic E-state index is 0.0730. The van der Waals surface area contributed by atoms with E-state index >= 15 is 0 Å². The SMILES string of the molecule is CC(C)N(CCCCl)C(=O)c1cccc(N(C)C)c1. The van der Waals surface area contributed by atoms with Gasteiger partial charge >= 0.3 is 0 Å². The van der Waals surface area contributed by atoms with Crippen molar-refractivity contribution in [3.05, 3.63) is 29.8 Å². The zero-order chi connectivity index (χ0) is 14.4. The Kier molecular flexibility index (Phi) is 6.16. The van der Waals surface area contributed by atoms with Crippen LogP contribution in [0.1, 0.15) is 30.6 Å². The molecule has 0 saturated carbocycles. The third-order valence-corrected chi connectivity index (χ3v) is 3.29. The molecule has 0 aliphatic heterocycles. The number of nitrogens with zero attached hydrogens (tertiary/aromatic N) is 2. The van der Waals surface area contributed by atoms with Crippen molar-refractivity contribution in [2.45, 2.75) is 26.3 Å². The fourth-order valence-electron chi connectivity index (χ4n) is 1.91. The van der Waals surface area contributed by atoms with E-state index in [1.54, 1.807) is 0 Å². The van der Waals surface area contributed by atoms with Gasteiger partial charge in [-0.05, 0) is 38.5 Å². The number of benzene rings is 1. The number of carbonyl (C=O) groups excluding carboxylic acids is 1. The second-order valence-electron chi connectivity index (χ2n) is 5.08. The van der Waals surface area contributed by atoms with Crippen molar-refractivity contribution in [2.24, 2.45) is 0 Å². The van der Waals surface area contributed by atoms with Crippen LogP contribution in [0.25, 0.3) is 0 Å². The highest BCUT2D eigenvalue weighted by molar-refractivity contribution is 6.17. The molecule has 0 atom stereocenters. The molecule has 0 fully saturated rings. The van der Waals surface area contributed by atoms with Crippen molar-refractivity contribution in [2.75, 3.05) is 31.4 Å². The van der Waals surface area contributed by atoms with E-state index in [9.17, 15) is 4.79 Å². The smallest absolute Gasteiger partial charge is 0.254 e. The van der Waals surface area contributed by atoms with Crippen molar-refractivity contribution < 1.29 is 4.79 Å². The Labute approximate surface area is 121 Å². The fourth-order valence-corrected chi connectivity index (χ4v) is 2.03. The minimum Gasteiger partial charge on any atom is -0.378 e. The lowest BCUT2D eigenvalue weighted by Gasteiger charge is -2.27. The first-order valence-corrected chi connectivity index (χ1v) is 7.15. The first-order chi connectivity index (χ1) is 8.97. The van der Waals surface area contributed by atoms with Crippen LogP contribution < -0.4 is 4.90 Å². The summed E-state index contributed by atoms with van der Waals surface area (Å²) in [6.45, 7) is 4.76. The molecule has 0 radical (unpaired) electrons. The molecule has 0 saturated heterocycles. The van der Waals surface area contributed by atoms with Gasteiger partial charge in [-0.25, -0.2) is 0 Å². The van der Waals surface area contributed by atoms with Gasteiger partial charge < -0.3 is 9.80 Å². The maximum Gasteiger partial charge on any atom is 0.254 e. The van der Waals surface area contributed by atoms with E-state index in [0.717, 1.165) is 17.7 Å². The minimum absolute atomic E-state index is 0.0730. The van der Waals surface area contributed by atoms with Crippen LogP contribution in [0.5, 0.6) is 0 Å². The van der Waals surface area contributed by atoms with Gasteiger partial charge in [0.25, 0.3) is 5.91 Å². The molecule has 1 aromatic rings. The summed E-state index contributed by atoms with van der Waals surface area (Å²) in [6.07, 6.45) is 0.818. The maximum absolute atomic E-state index is 12.5. The molecule has 1 amide bonds. The lowest BCUT2D eigenvalue weighted by atomic mass is 10.1. The molecule has 0 aliphatic carbocycles. The number of halogens is 1. The van der Waals surface area contributed by atoms with Gasteiger partial charge in [-0.2, -0.15) is 0 Å². The molecular weight excluding hydrogens is 260 g/mol. The molecule has 4 heteroatoms. The number of amides is 1. The van der Waals surface area contributed by atoms with Crippen molar-refractivity contribution in [1.29, 1.82) is 0 Å². The first-order valence-electron chi connectivity index (χ1n) is 6.61. The molecule has 0 bridgehead atoms. The summed E-state index contributed by atoms with van der Waals surface area (Å²) in [7, 11) is 3.94. The number of carbonyl (C=O) groups is 1. The second kappa shape index (κ2) is 7.39. The molecule has 1 aromatic carbocycles. The van der Waals surface area contributed by atoms with Gasteiger partial charge in [-0.15, -0.1) is 11.6 Å². The summed E-state index contributed by atoms with van der Waals surface area (Å²) in [5.41, 5.74) is 1.77. The monoisotopic (exact) mass is 282 g/mol. The van der Waals surface area contributed by atoms with Gasteiger partial charge in [0.2, 0.25) is 0 Å². The molecule has 0 N–H and O–H groups in total. The molecule has 19 heavy (non-hydrogen) atoms. The molecule has 0 aromatic heterocycles. The van der Waals surface area contributed by atoms with Crippen LogP contribution in [0.4, 0.5) is 5.69 Å². The zero-order valence-electron chi connectivity index (χ0n) is 12.2. The Balaban J connectivity index is 2.92. The van der Waals surface area contributed by atoms with Crippen molar-refractivity contribution in [3.63, 3.8) is 0 Å². The molecule has 0 spiro atoms. The largest absolute Gasteiger partial charge is 0.378 e. The third-order valence-electron chi connectivity index (χ3n) is 3.03. The van der Waals surface area contributed by atoms with Crippen molar-refractivity contribution in [1.82, 2.24) is 4.90 Å². The summed E-state index contributed by atoms with van der Waals surface area (Å²) in [5.74, 6) is 0.651. The van der Waals surface area contributed by atoms with Gasteiger partial charge in [0.05, 0.1) is 0 Å². The molecule has 3 nitrogen and oxygen atoms in total.